The number of hydrogen-bond donors (Lipinski definition) is 1. The topological polar surface area (TPSA) is 119 Å². The number of nitrogens with two attached hydrogens (primary N) is 1. The number of nitrogen functional groups attached to an aromatic ring is 1. The van der Waals surface area contributed by atoms with Crippen molar-refractivity contribution < 1.29 is 4.52 Å². The molecule has 0 amide bonds. The van der Waals surface area contributed by atoms with Crippen molar-refractivity contribution in [2.24, 2.45) is 0 Å². The molecule has 2 N–H and O–H groups in total. The summed E-state index contributed by atoms with van der Waals surface area (Å²) in [7, 11) is 0. The summed E-state index contributed by atoms with van der Waals surface area (Å²) in [6.45, 7) is 6.42. The van der Waals surface area contributed by atoms with Gasteiger partial charge in [-0.1, -0.05) is 25.9 Å². The van der Waals surface area contributed by atoms with Crippen molar-refractivity contribution in [3.8, 4) is 34.6 Å². The second kappa shape index (κ2) is 7.65. The van der Waals surface area contributed by atoms with Gasteiger partial charge in [0, 0.05) is 22.1 Å². The second-order valence-corrected chi connectivity index (χ2v) is 9.38. The number of nitriles is 1. The first-order valence-corrected chi connectivity index (χ1v) is 9.99. The highest BCUT2D eigenvalue weighted by Gasteiger charge is 2.16. The molecular weight excluding hydrogens is 398 g/mol. The third-order valence-corrected chi connectivity index (χ3v) is 5.16. The smallest absolute Gasteiger partial charge is 0.258 e. The molecule has 30 heavy (non-hydrogen) atoms. The molecule has 150 valence electrons. The fourth-order valence-electron chi connectivity index (χ4n) is 2.77. The summed E-state index contributed by atoms with van der Waals surface area (Å²) < 4.78 is 7.02. The van der Waals surface area contributed by atoms with Crippen LogP contribution in [0.4, 0.5) is 5.82 Å². The van der Waals surface area contributed by atoms with Crippen molar-refractivity contribution >= 4 is 17.6 Å². The van der Waals surface area contributed by atoms with E-state index in [-0.39, 0.29) is 4.75 Å². The van der Waals surface area contributed by atoms with E-state index in [1.807, 2.05) is 42.5 Å². The van der Waals surface area contributed by atoms with Gasteiger partial charge in [0.25, 0.3) is 5.89 Å². The Kier molecular flexibility index (Phi) is 5.01. The molecule has 0 aliphatic carbocycles. The predicted octanol–water partition coefficient (Wildman–Crippen LogP) is 4.33. The summed E-state index contributed by atoms with van der Waals surface area (Å²) in [5.74, 6) is 1.21. The van der Waals surface area contributed by atoms with Gasteiger partial charge in [-0.05, 0) is 36.4 Å². The van der Waals surface area contributed by atoms with Crippen LogP contribution in [-0.4, -0.2) is 29.7 Å². The third kappa shape index (κ3) is 4.04. The van der Waals surface area contributed by atoms with Gasteiger partial charge in [-0.15, -0.1) is 11.8 Å². The first-order valence-electron chi connectivity index (χ1n) is 9.17. The largest absolute Gasteiger partial charge is 0.382 e. The molecule has 4 rings (SSSR count). The highest BCUT2D eigenvalue weighted by molar-refractivity contribution is 8.00. The van der Waals surface area contributed by atoms with Gasteiger partial charge in [-0.2, -0.15) is 15.3 Å². The third-order valence-electron chi connectivity index (χ3n) is 4.12. The molecule has 0 unspecified atom stereocenters. The quantitative estimate of drug-likeness (QED) is 0.487. The normalized spacial score (nSPS) is 11.4. The lowest BCUT2D eigenvalue weighted by Gasteiger charge is -2.16. The molecule has 8 nitrogen and oxygen atoms in total. The van der Waals surface area contributed by atoms with E-state index in [2.05, 4.69) is 41.0 Å². The van der Waals surface area contributed by atoms with E-state index >= 15 is 0 Å². The van der Waals surface area contributed by atoms with E-state index in [9.17, 15) is 0 Å². The number of aromatic nitrogens is 5. The van der Waals surface area contributed by atoms with Crippen LogP contribution in [0.2, 0.25) is 0 Å². The van der Waals surface area contributed by atoms with Crippen LogP contribution in [-0.2, 0) is 0 Å². The molecule has 0 fully saturated rings. The number of benzene rings is 1. The van der Waals surface area contributed by atoms with Gasteiger partial charge in [0.1, 0.15) is 17.5 Å². The van der Waals surface area contributed by atoms with Gasteiger partial charge < -0.3 is 10.3 Å². The van der Waals surface area contributed by atoms with Crippen LogP contribution < -0.4 is 5.73 Å². The molecule has 3 aromatic heterocycles. The molecule has 0 saturated carbocycles. The molecule has 4 aromatic rings. The number of anilines is 1. The summed E-state index contributed by atoms with van der Waals surface area (Å²) in [6, 6.07) is 13.2. The first-order chi connectivity index (χ1) is 14.3. The maximum atomic E-state index is 9.02. The van der Waals surface area contributed by atoms with Crippen LogP contribution in [0.3, 0.4) is 0 Å². The fourth-order valence-corrected chi connectivity index (χ4v) is 3.70. The molecular formula is C21H19N7OS. The molecule has 3 heterocycles. The van der Waals surface area contributed by atoms with Gasteiger partial charge in [0.15, 0.2) is 0 Å². The Bertz CT molecular complexity index is 1230. The number of rotatable bonds is 4. The number of thioether (sulfide) groups is 1. The second-order valence-electron chi connectivity index (χ2n) is 7.53. The van der Waals surface area contributed by atoms with Crippen molar-refractivity contribution in [2.75, 3.05) is 5.73 Å². The van der Waals surface area contributed by atoms with Gasteiger partial charge in [0.2, 0.25) is 5.82 Å². The zero-order valence-corrected chi connectivity index (χ0v) is 17.5. The minimum absolute atomic E-state index is 0.0573. The van der Waals surface area contributed by atoms with Gasteiger partial charge in [0.05, 0.1) is 16.9 Å². The van der Waals surface area contributed by atoms with Crippen molar-refractivity contribution in [3.05, 3.63) is 54.4 Å². The van der Waals surface area contributed by atoms with E-state index in [0.717, 1.165) is 21.8 Å². The van der Waals surface area contributed by atoms with Gasteiger partial charge >= 0.3 is 0 Å². The summed E-state index contributed by atoms with van der Waals surface area (Å²) in [5.41, 5.74) is 8.62. The lowest BCUT2D eigenvalue weighted by molar-refractivity contribution is 0.432. The summed E-state index contributed by atoms with van der Waals surface area (Å²) in [6.07, 6.45) is 3.19. The minimum atomic E-state index is 0.0573. The van der Waals surface area contributed by atoms with Crippen LogP contribution in [0, 0.1) is 11.3 Å². The minimum Gasteiger partial charge on any atom is -0.382 e. The van der Waals surface area contributed by atoms with E-state index in [1.54, 1.807) is 18.0 Å². The van der Waals surface area contributed by atoms with Gasteiger partial charge in [-0.25, -0.2) is 9.67 Å². The molecule has 0 atom stereocenters. The van der Waals surface area contributed by atoms with Crippen molar-refractivity contribution in [2.45, 2.75) is 30.5 Å². The summed E-state index contributed by atoms with van der Waals surface area (Å²) >= 11 is 1.68. The zero-order chi connectivity index (χ0) is 21.3. The molecule has 0 spiro atoms. The monoisotopic (exact) mass is 417 g/mol. The Hall–Kier alpha value is -3.64. The molecule has 0 radical (unpaired) electrons. The summed E-state index contributed by atoms with van der Waals surface area (Å²) in [5, 5.41) is 18.2. The Labute approximate surface area is 177 Å². The average molecular weight is 417 g/mol. The molecule has 1 aromatic carbocycles. The van der Waals surface area contributed by atoms with Gasteiger partial charge in [-0.3, -0.25) is 0 Å². The maximum Gasteiger partial charge on any atom is 0.258 e. The van der Waals surface area contributed by atoms with Crippen molar-refractivity contribution in [1.29, 1.82) is 5.26 Å². The fraction of sp³-hybridized carbons (Fsp3) is 0.190. The van der Waals surface area contributed by atoms with E-state index in [1.165, 1.54) is 10.9 Å². The highest BCUT2D eigenvalue weighted by Crippen LogP contribution is 2.32. The van der Waals surface area contributed by atoms with Crippen molar-refractivity contribution in [1.82, 2.24) is 24.9 Å². The average Bonchev–Trinajstić information content (AvgIpc) is 3.34. The number of hydrogen-bond acceptors (Lipinski definition) is 8. The standard InChI is InChI=1S/C21H19N7OS/c1-21(2,3)30-17-10-14(8-9-24-17)19-26-20(29-27-19)13-4-6-16(7-5-13)28-18(23)15(11-22)12-25-28/h4-10,12H,23H2,1-3H3. The molecule has 0 aliphatic rings. The van der Waals surface area contributed by atoms with Crippen LogP contribution in [0.15, 0.2) is 58.3 Å². The number of pyridine rings is 1. The first kappa shape index (κ1) is 19.7. The maximum absolute atomic E-state index is 9.02. The van der Waals surface area contributed by atoms with Crippen LogP contribution in [0.1, 0.15) is 26.3 Å². The Morgan fingerprint density at radius 3 is 2.57 bits per heavy atom. The predicted molar refractivity (Wildman–Crippen MR) is 115 cm³/mol. The van der Waals surface area contributed by atoms with Crippen LogP contribution >= 0.6 is 11.8 Å². The Morgan fingerprint density at radius 2 is 1.90 bits per heavy atom. The van der Waals surface area contributed by atoms with Crippen LogP contribution in [0.25, 0.3) is 28.5 Å². The SMILES string of the molecule is CC(C)(C)Sc1cc(-c2noc(-c3ccc(-n4ncc(C#N)c4N)cc3)n2)ccn1. The number of nitrogens with zero attached hydrogens (tertiary/aromatic N) is 6. The Balaban J connectivity index is 1.58. The molecule has 0 aliphatic heterocycles. The van der Waals surface area contributed by atoms with E-state index in [0.29, 0.717) is 23.1 Å². The van der Waals surface area contributed by atoms with Crippen LogP contribution in [0.5, 0.6) is 0 Å². The highest BCUT2D eigenvalue weighted by atomic mass is 32.2. The van der Waals surface area contributed by atoms with E-state index in [4.69, 9.17) is 15.5 Å². The molecule has 0 bridgehead atoms. The molecule has 9 heteroatoms. The molecule has 0 saturated heterocycles. The Morgan fingerprint density at radius 1 is 1.13 bits per heavy atom. The van der Waals surface area contributed by atoms with E-state index < -0.39 is 0 Å². The lowest BCUT2D eigenvalue weighted by Crippen LogP contribution is -2.07. The van der Waals surface area contributed by atoms with Crippen molar-refractivity contribution in [3.63, 3.8) is 0 Å². The zero-order valence-electron chi connectivity index (χ0n) is 16.7. The lowest BCUT2D eigenvalue weighted by atomic mass is 10.2. The summed E-state index contributed by atoms with van der Waals surface area (Å²) in [4.78, 5) is 8.93.